The molecule has 0 saturated heterocycles. The van der Waals surface area contributed by atoms with Crippen LogP contribution >= 0.6 is 23.1 Å². The third-order valence-corrected chi connectivity index (χ3v) is 5.04. The SMILES string of the molecule is COCCCn1cnnc1SCC(=O)NC(C)c1cccs1. The molecule has 1 atom stereocenters. The first kappa shape index (κ1) is 17.0. The molecular weight excluding hydrogens is 320 g/mol. The van der Waals surface area contributed by atoms with Crippen LogP contribution in [0.3, 0.4) is 0 Å². The number of carbonyl (C=O) groups is 1. The standard InChI is InChI=1S/C14H20N4O2S2/c1-11(12-5-3-8-21-12)16-13(19)9-22-14-17-15-10-18(14)6-4-7-20-2/h3,5,8,10-11H,4,6-7,9H2,1-2H3,(H,16,19). The Labute approximate surface area is 138 Å². The van der Waals surface area contributed by atoms with Gasteiger partial charge in [-0.25, -0.2) is 0 Å². The molecule has 0 aliphatic carbocycles. The minimum absolute atomic E-state index is 0.00246. The molecule has 2 rings (SSSR count). The van der Waals surface area contributed by atoms with Crippen molar-refractivity contribution in [1.82, 2.24) is 20.1 Å². The molecule has 2 heterocycles. The zero-order valence-corrected chi connectivity index (χ0v) is 14.3. The lowest BCUT2D eigenvalue weighted by atomic mass is 10.3. The Morgan fingerprint density at radius 1 is 1.59 bits per heavy atom. The van der Waals surface area contributed by atoms with E-state index in [1.54, 1.807) is 24.8 Å². The van der Waals surface area contributed by atoms with Gasteiger partial charge in [-0.2, -0.15) is 0 Å². The van der Waals surface area contributed by atoms with Crippen LogP contribution in [0.2, 0.25) is 0 Å². The van der Waals surface area contributed by atoms with E-state index in [9.17, 15) is 4.79 Å². The summed E-state index contributed by atoms with van der Waals surface area (Å²) in [6, 6.07) is 4.04. The molecule has 1 unspecified atom stereocenters. The zero-order chi connectivity index (χ0) is 15.8. The highest BCUT2D eigenvalue weighted by atomic mass is 32.2. The van der Waals surface area contributed by atoms with E-state index in [-0.39, 0.29) is 11.9 Å². The fourth-order valence-corrected chi connectivity index (χ4v) is 3.40. The molecule has 8 heteroatoms. The van der Waals surface area contributed by atoms with Crippen LogP contribution in [0.25, 0.3) is 0 Å². The highest BCUT2D eigenvalue weighted by Crippen LogP contribution is 2.19. The molecule has 0 aromatic carbocycles. The second-order valence-electron chi connectivity index (χ2n) is 4.75. The number of nitrogens with one attached hydrogen (secondary N) is 1. The third kappa shape index (κ3) is 5.11. The maximum atomic E-state index is 12.0. The average Bonchev–Trinajstić information content (AvgIpc) is 3.17. The Morgan fingerprint density at radius 3 is 3.18 bits per heavy atom. The zero-order valence-electron chi connectivity index (χ0n) is 12.7. The lowest BCUT2D eigenvalue weighted by molar-refractivity contribution is -0.119. The van der Waals surface area contributed by atoms with Crippen LogP contribution < -0.4 is 5.32 Å². The summed E-state index contributed by atoms with van der Waals surface area (Å²) >= 11 is 3.04. The molecule has 2 aromatic heterocycles. The number of thioether (sulfide) groups is 1. The van der Waals surface area contributed by atoms with E-state index in [0.717, 1.165) is 23.0 Å². The molecule has 0 aliphatic rings. The van der Waals surface area contributed by atoms with Gasteiger partial charge in [0.25, 0.3) is 0 Å². The molecule has 0 aliphatic heterocycles. The Bertz CT molecular complexity index is 571. The summed E-state index contributed by atoms with van der Waals surface area (Å²) in [5.74, 6) is 0.330. The second-order valence-corrected chi connectivity index (χ2v) is 6.67. The number of methoxy groups -OCH3 is 1. The topological polar surface area (TPSA) is 69.0 Å². The quantitative estimate of drug-likeness (QED) is 0.560. The highest BCUT2D eigenvalue weighted by molar-refractivity contribution is 7.99. The predicted molar refractivity (Wildman–Crippen MR) is 88.1 cm³/mol. The van der Waals surface area contributed by atoms with Crippen LogP contribution in [0.1, 0.15) is 24.3 Å². The van der Waals surface area contributed by atoms with Gasteiger partial charge < -0.3 is 14.6 Å². The summed E-state index contributed by atoms with van der Waals surface area (Å²) in [6.07, 6.45) is 2.58. The van der Waals surface area contributed by atoms with Gasteiger partial charge >= 0.3 is 0 Å². The lowest BCUT2D eigenvalue weighted by Gasteiger charge is -2.12. The molecule has 6 nitrogen and oxygen atoms in total. The van der Waals surface area contributed by atoms with Crippen LogP contribution in [0.5, 0.6) is 0 Å². The van der Waals surface area contributed by atoms with Gasteiger partial charge in [0.1, 0.15) is 6.33 Å². The monoisotopic (exact) mass is 340 g/mol. The van der Waals surface area contributed by atoms with E-state index in [1.807, 2.05) is 29.0 Å². The van der Waals surface area contributed by atoms with Crippen molar-refractivity contribution in [3.05, 3.63) is 28.7 Å². The Balaban J connectivity index is 1.77. The number of hydrogen-bond donors (Lipinski definition) is 1. The minimum Gasteiger partial charge on any atom is -0.385 e. The van der Waals surface area contributed by atoms with E-state index in [1.165, 1.54) is 11.8 Å². The normalized spacial score (nSPS) is 12.3. The first-order chi connectivity index (χ1) is 10.7. The largest absolute Gasteiger partial charge is 0.385 e. The summed E-state index contributed by atoms with van der Waals surface area (Å²) in [7, 11) is 1.68. The van der Waals surface area contributed by atoms with E-state index in [0.29, 0.717) is 12.4 Å². The number of nitrogens with zero attached hydrogens (tertiary/aromatic N) is 3. The second kappa shape index (κ2) is 8.92. The first-order valence-corrected chi connectivity index (χ1v) is 8.89. The first-order valence-electron chi connectivity index (χ1n) is 7.03. The number of rotatable bonds is 9. The van der Waals surface area contributed by atoms with Crippen molar-refractivity contribution in [2.75, 3.05) is 19.5 Å². The third-order valence-electron chi connectivity index (χ3n) is 3.01. The van der Waals surface area contributed by atoms with Crippen molar-refractivity contribution in [2.24, 2.45) is 0 Å². The van der Waals surface area contributed by atoms with Crippen LogP contribution in [0, 0.1) is 0 Å². The van der Waals surface area contributed by atoms with E-state index >= 15 is 0 Å². The van der Waals surface area contributed by atoms with Crippen molar-refractivity contribution in [3.63, 3.8) is 0 Å². The Kier molecular flexibility index (Phi) is 6.88. The van der Waals surface area contributed by atoms with Gasteiger partial charge in [0, 0.05) is 25.1 Å². The number of thiophene rings is 1. The summed E-state index contributed by atoms with van der Waals surface area (Å²) < 4.78 is 6.98. The lowest BCUT2D eigenvalue weighted by Crippen LogP contribution is -2.27. The van der Waals surface area contributed by atoms with Gasteiger partial charge in [-0.3, -0.25) is 4.79 Å². The van der Waals surface area contributed by atoms with Crippen LogP contribution in [-0.2, 0) is 16.1 Å². The number of aryl methyl sites for hydroxylation is 1. The fourth-order valence-electron chi connectivity index (χ4n) is 1.91. The molecule has 0 saturated carbocycles. The predicted octanol–water partition coefficient (Wildman–Crippen LogP) is 2.35. The fraction of sp³-hybridized carbons (Fsp3) is 0.500. The van der Waals surface area contributed by atoms with Crippen LogP contribution in [0.15, 0.2) is 29.0 Å². The van der Waals surface area contributed by atoms with Gasteiger partial charge in [0.05, 0.1) is 11.8 Å². The Hall–Kier alpha value is -1.38. The highest BCUT2D eigenvalue weighted by Gasteiger charge is 2.12. The van der Waals surface area contributed by atoms with Crippen LogP contribution in [0.4, 0.5) is 0 Å². The van der Waals surface area contributed by atoms with Crippen molar-refractivity contribution in [3.8, 4) is 0 Å². The number of carbonyl (C=O) groups excluding carboxylic acids is 1. The molecular formula is C14H20N4O2S2. The summed E-state index contributed by atoms with van der Waals surface area (Å²) in [4.78, 5) is 13.2. The maximum absolute atomic E-state index is 12.0. The van der Waals surface area contributed by atoms with E-state index in [2.05, 4.69) is 15.5 Å². The van der Waals surface area contributed by atoms with E-state index in [4.69, 9.17) is 4.74 Å². The maximum Gasteiger partial charge on any atom is 0.230 e. The van der Waals surface area contributed by atoms with Gasteiger partial charge in [-0.1, -0.05) is 17.8 Å². The van der Waals surface area contributed by atoms with Crippen LogP contribution in [-0.4, -0.2) is 40.1 Å². The number of ether oxygens (including phenoxy) is 1. The number of aromatic nitrogens is 3. The van der Waals surface area contributed by atoms with Gasteiger partial charge in [-0.15, -0.1) is 21.5 Å². The van der Waals surface area contributed by atoms with Crippen molar-refractivity contribution >= 4 is 29.0 Å². The smallest absolute Gasteiger partial charge is 0.230 e. The molecule has 120 valence electrons. The van der Waals surface area contributed by atoms with E-state index < -0.39 is 0 Å². The Morgan fingerprint density at radius 2 is 2.45 bits per heavy atom. The molecule has 0 spiro atoms. The summed E-state index contributed by atoms with van der Waals surface area (Å²) in [6.45, 7) is 3.47. The molecule has 0 fully saturated rings. The summed E-state index contributed by atoms with van der Waals surface area (Å²) in [5.41, 5.74) is 0. The molecule has 0 radical (unpaired) electrons. The van der Waals surface area contributed by atoms with Crippen molar-refractivity contribution in [2.45, 2.75) is 31.1 Å². The molecule has 1 N–H and O–H groups in total. The molecule has 0 bridgehead atoms. The van der Waals surface area contributed by atoms with Gasteiger partial charge in [0.2, 0.25) is 5.91 Å². The molecule has 2 aromatic rings. The summed E-state index contributed by atoms with van der Waals surface area (Å²) in [5, 5.41) is 13.7. The number of hydrogen-bond acceptors (Lipinski definition) is 6. The van der Waals surface area contributed by atoms with Crippen molar-refractivity contribution < 1.29 is 9.53 Å². The van der Waals surface area contributed by atoms with Crippen molar-refractivity contribution in [1.29, 1.82) is 0 Å². The van der Waals surface area contributed by atoms with Gasteiger partial charge in [-0.05, 0) is 24.8 Å². The average molecular weight is 340 g/mol. The van der Waals surface area contributed by atoms with Gasteiger partial charge in [0.15, 0.2) is 5.16 Å². The molecule has 1 amide bonds. The minimum atomic E-state index is -0.00246. The molecule has 22 heavy (non-hydrogen) atoms. The number of amides is 1.